The molecular weight excluding hydrogens is 172 g/mol. The van der Waals surface area contributed by atoms with Gasteiger partial charge in [0.25, 0.3) is 0 Å². The average molecular weight is 192 g/mol. The van der Waals surface area contributed by atoms with Gasteiger partial charge < -0.3 is 0 Å². The Morgan fingerprint density at radius 1 is 0.909 bits per heavy atom. The Labute approximate surface area is 80.3 Å². The van der Waals surface area contributed by atoms with E-state index in [-0.39, 0.29) is 0 Å². The monoisotopic (exact) mass is 192 g/mol. The second kappa shape index (κ2) is 3.61. The zero-order chi connectivity index (χ0) is 9.28. The molecule has 0 radical (unpaired) electrons. The summed E-state index contributed by atoms with van der Waals surface area (Å²) < 4.78 is 0. The molecular formula is C9H20S2. The standard InChI is InChI=1S/C9H20S2/c1-8(2,3)7(11-10)9(4,5)6/h7,10H,1-6H3. The van der Waals surface area contributed by atoms with Crippen molar-refractivity contribution in [2.45, 2.75) is 46.8 Å². The molecule has 11 heavy (non-hydrogen) atoms. The van der Waals surface area contributed by atoms with Crippen LogP contribution in [-0.4, -0.2) is 5.25 Å². The highest BCUT2D eigenvalue weighted by Gasteiger charge is 2.34. The average Bonchev–Trinajstić information content (AvgIpc) is 1.56. The summed E-state index contributed by atoms with van der Waals surface area (Å²) in [7, 11) is 1.68. The second-order valence-corrected chi connectivity index (χ2v) is 6.53. The summed E-state index contributed by atoms with van der Waals surface area (Å²) in [6.07, 6.45) is 0. The molecule has 0 nitrogen and oxygen atoms in total. The minimum atomic E-state index is 0.338. The molecule has 0 aromatic carbocycles. The molecule has 0 aromatic heterocycles. The van der Waals surface area contributed by atoms with E-state index in [1.165, 1.54) is 0 Å². The molecule has 0 spiro atoms. The van der Waals surface area contributed by atoms with Crippen molar-refractivity contribution in [1.82, 2.24) is 0 Å². The Kier molecular flexibility index (Phi) is 3.84. The van der Waals surface area contributed by atoms with Crippen LogP contribution in [0.5, 0.6) is 0 Å². The van der Waals surface area contributed by atoms with E-state index >= 15 is 0 Å². The van der Waals surface area contributed by atoms with Crippen molar-refractivity contribution in [1.29, 1.82) is 0 Å². The Balaban J connectivity index is 4.43. The zero-order valence-electron chi connectivity index (χ0n) is 8.43. The summed E-state index contributed by atoms with van der Waals surface area (Å²) >= 11 is 4.32. The van der Waals surface area contributed by atoms with Gasteiger partial charge in [-0.25, -0.2) is 0 Å². The van der Waals surface area contributed by atoms with Crippen molar-refractivity contribution in [3.63, 3.8) is 0 Å². The smallest absolute Gasteiger partial charge is 0.0246 e. The molecule has 0 unspecified atom stereocenters. The van der Waals surface area contributed by atoms with Crippen LogP contribution in [0.25, 0.3) is 0 Å². The van der Waals surface area contributed by atoms with Gasteiger partial charge in [-0.2, -0.15) is 0 Å². The summed E-state index contributed by atoms with van der Waals surface area (Å²) in [5.41, 5.74) is 0.676. The molecule has 0 aliphatic heterocycles. The van der Waals surface area contributed by atoms with Crippen LogP contribution in [0.1, 0.15) is 41.5 Å². The molecule has 0 atom stereocenters. The molecule has 0 aliphatic carbocycles. The lowest BCUT2D eigenvalue weighted by molar-refractivity contribution is 0.251. The molecule has 0 bridgehead atoms. The van der Waals surface area contributed by atoms with Crippen molar-refractivity contribution in [2.24, 2.45) is 10.8 Å². The van der Waals surface area contributed by atoms with Crippen LogP contribution in [0.4, 0.5) is 0 Å². The van der Waals surface area contributed by atoms with E-state index in [4.69, 9.17) is 0 Å². The topological polar surface area (TPSA) is 0 Å². The number of hydrogen-bond donors (Lipinski definition) is 1. The summed E-state index contributed by atoms with van der Waals surface area (Å²) in [5, 5.41) is 0.596. The second-order valence-electron chi connectivity index (χ2n) is 5.22. The van der Waals surface area contributed by atoms with E-state index in [0.717, 1.165) is 0 Å². The van der Waals surface area contributed by atoms with Crippen LogP contribution in [-0.2, 0) is 0 Å². The molecule has 0 amide bonds. The number of thiol groups is 1. The fourth-order valence-corrected chi connectivity index (χ4v) is 4.15. The van der Waals surface area contributed by atoms with Crippen LogP contribution in [0, 0.1) is 10.8 Å². The summed E-state index contributed by atoms with van der Waals surface area (Å²) in [5.74, 6) is 0. The zero-order valence-corrected chi connectivity index (χ0v) is 10.1. The van der Waals surface area contributed by atoms with Gasteiger partial charge in [-0.05, 0) is 10.8 Å². The Morgan fingerprint density at radius 2 is 1.18 bits per heavy atom. The Bertz CT molecular complexity index is 103. The first-order chi connectivity index (χ1) is 4.69. The van der Waals surface area contributed by atoms with Gasteiger partial charge >= 0.3 is 0 Å². The van der Waals surface area contributed by atoms with Crippen LogP contribution in [0.15, 0.2) is 0 Å². The van der Waals surface area contributed by atoms with Gasteiger partial charge in [0.1, 0.15) is 0 Å². The van der Waals surface area contributed by atoms with Crippen LogP contribution in [0.2, 0.25) is 0 Å². The van der Waals surface area contributed by atoms with Crippen LogP contribution >= 0.6 is 22.5 Å². The Morgan fingerprint density at radius 3 is 1.18 bits per heavy atom. The van der Waals surface area contributed by atoms with Crippen molar-refractivity contribution in [3.8, 4) is 0 Å². The van der Waals surface area contributed by atoms with Gasteiger partial charge in [0.15, 0.2) is 0 Å². The van der Waals surface area contributed by atoms with E-state index in [1.54, 1.807) is 10.8 Å². The first-order valence-corrected chi connectivity index (χ1v) is 5.93. The van der Waals surface area contributed by atoms with Gasteiger partial charge in [0.05, 0.1) is 0 Å². The molecule has 68 valence electrons. The lowest BCUT2D eigenvalue weighted by Gasteiger charge is -2.38. The van der Waals surface area contributed by atoms with Crippen molar-refractivity contribution >= 4 is 22.5 Å². The van der Waals surface area contributed by atoms with E-state index in [0.29, 0.717) is 16.1 Å². The molecule has 2 heteroatoms. The van der Waals surface area contributed by atoms with E-state index < -0.39 is 0 Å². The lowest BCUT2D eigenvalue weighted by Crippen LogP contribution is -2.34. The largest absolute Gasteiger partial charge is 0.111 e. The van der Waals surface area contributed by atoms with E-state index in [1.807, 2.05) is 0 Å². The quantitative estimate of drug-likeness (QED) is 0.483. The molecule has 0 saturated heterocycles. The lowest BCUT2D eigenvalue weighted by atomic mass is 9.77. The highest BCUT2D eigenvalue weighted by molar-refractivity contribution is 8.68. The molecule has 0 aliphatic rings. The van der Waals surface area contributed by atoms with Crippen LogP contribution in [0.3, 0.4) is 0 Å². The molecule has 0 fully saturated rings. The fraction of sp³-hybridized carbons (Fsp3) is 1.00. The first-order valence-electron chi connectivity index (χ1n) is 4.00. The van der Waals surface area contributed by atoms with Gasteiger partial charge in [0.2, 0.25) is 0 Å². The minimum absolute atomic E-state index is 0.338. The molecule has 0 heterocycles. The number of rotatable bonds is 1. The van der Waals surface area contributed by atoms with Gasteiger partial charge in [0, 0.05) is 5.25 Å². The SMILES string of the molecule is CC(C)(C)C(SS)C(C)(C)C. The third kappa shape index (κ3) is 3.75. The maximum Gasteiger partial charge on any atom is 0.0246 e. The third-order valence-electron chi connectivity index (χ3n) is 1.68. The molecule has 0 rings (SSSR count). The minimum Gasteiger partial charge on any atom is -0.111 e. The van der Waals surface area contributed by atoms with Crippen LogP contribution < -0.4 is 0 Å². The Hall–Kier alpha value is 0.700. The molecule has 0 N–H and O–H groups in total. The highest BCUT2D eigenvalue weighted by Crippen LogP contribution is 2.43. The summed E-state index contributed by atoms with van der Waals surface area (Å²) in [4.78, 5) is 0. The predicted molar refractivity (Wildman–Crippen MR) is 59.3 cm³/mol. The van der Waals surface area contributed by atoms with Crippen molar-refractivity contribution in [3.05, 3.63) is 0 Å². The molecule has 0 saturated carbocycles. The van der Waals surface area contributed by atoms with Crippen molar-refractivity contribution < 1.29 is 0 Å². The summed E-state index contributed by atoms with van der Waals surface area (Å²) in [6.45, 7) is 13.6. The third-order valence-corrected chi connectivity index (χ3v) is 3.94. The first kappa shape index (κ1) is 11.7. The number of hydrogen-bond acceptors (Lipinski definition) is 2. The predicted octanol–water partition coefficient (Wildman–Crippen LogP) is 4.03. The van der Waals surface area contributed by atoms with Gasteiger partial charge in [-0.1, -0.05) is 52.3 Å². The summed E-state index contributed by atoms with van der Waals surface area (Å²) in [6, 6.07) is 0. The maximum atomic E-state index is 4.32. The van der Waals surface area contributed by atoms with Crippen molar-refractivity contribution in [2.75, 3.05) is 0 Å². The normalized spacial score (nSPS) is 14.2. The van der Waals surface area contributed by atoms with Gasteiger partial charge in [-0.3, -0.25) is 0 Å². The van der Waals surface area contributed by atoms with Gasteiger partial charge in [-0.15, -0.1) is 11.7 Å². The van der Waals surface area contributed by atoms with E-state index in [2.05, 4.69) is 53.2 Å². The fourth-order valence-electron chi connectivity index (χ4n) is 1.62. The van der Waals surface area contributed by atoms with E-state index in [9.17, 15) is 0 Å². The maximum absolute atomic E-state index is 4.32. The highest BCUT2D eigenvalue weighted by atomic mass is 33.1. The molecule has 0 aromatic rings.